The number of rotatable bonds is 11. The van der Waals surface area contributed by atoms with Crippen LogP contribution in [0.25, 0.3) is 38.7 Å². The molecule has 0 radical (unpaired) electrons. The molecule has 0 bridgehead atoms. The van der Waals surface area contributed by atoms with Gasteiger partial charge < -0.3 is 29.0 Å². The Labute approximate surface area is 259 Å². The third-order valence-electron chi connectivity index (χ3n) is 9.21. The zero-order chi connectivity index (χ0) is 29.9. The first-order valence-electron chi connectivity index (χ1n) is 16.0. The van der Waals surface area contributed by atoms with E-state index in [1.807, 2.05) is 0 Å². The molecule has 3 aliphatic rings. The summed E-state index contributed by atoms with van der Waals surface area (Å²) in [6.45, 7) is 7.01. The van der Waals surface area contributed by atoms with Gasteiger partial charge in [-0.3, -0.25) is 0 Å². The first kappa shape index (κ1) is 29.1. The van der Waals surface area contributed by atoms with Gasteiger partial charge in [0, 0.05) is 35.3 Å². The zero-order valence-corrected chi connectivity index (χ0v) is 25.5. The van der Waals surface area contributed by atoms with Gasteiger partial charge in [-0.15, -0.1) is 0 Å². The lowest BCUT2D eigenvalue weighted by Gasteiger charge is -2.39. The molecule has 0 spiro atoms. The summed E-state index contributed by atoms with van der Waals surface area (Å²) in [6, 6.07) is 26.2. The van der Waals surface area contributed by atoms with Crippen molar-refractivity contribution in [1.29, 1.82) is 0 Å². The Morgan fingerprint density at radius 3 is 2.45 bits per heavy atom. The maximum absolute atomic E-state index is 9.33. The fourth-order valence-electron chi connectivity index (χ4n) is 7.27. The molecule has 2 heterocycles. The average molecular weight is 592 g/mol. The van der Waals surface area contributed by atoms with Gasteiger partial charge in [-0.1, -0.05) is 86.5 Å². The van der Waals surface area contributed by atoms with E-state index in [-0.39, 0.29) is 6.61 Å². The molecule has 0 saturated carbocycles. The summed E-state index contributed by atoms with van der Waals surface area (Å²) in [5.74, 6) is 0.945. The fourth-order valence-corrected chi connectivity index (χ4v) is 7.27. The second kappa shape index (κ2) is 12.7. The summed E-state index contributed by atoms with van der Waals surface area (Å²) < 4.78 is 25.3. The summed E-state index contributed by atoms with van der Waals surface area (Å²) in [4.78, 5) is 2.47. The fraction of sp³-hybridized carbons (Fsp3) is 0.368. The van der Waals surface area contributed by atoms with Crippen LogP contribution in [0.4, 0.5) is 0 Å². The molecule has 1 unspecified atom stereocenters. The molecule has 1 fully saturated rings. The topological polar surface area (TPSA) is 60.4 Å². The quantitative estimate of drug-likeness (QED) is 0.189. The number of aliphatic hydroxyl groups excluding tert-OH is 1. The second-order valence-electron chi connectivity index (χ2n) is 11.7. The van der Waals surface area contributed by atoms with Crippen molar-refractivity contribution >= 4 is 16.5 Å². The number of morpholine rings is 1. The molecular formula is C38H41NO5. The van der Waals surface area contributed by atoms with E-state index in [9.17, 15) is 5.11 Å². The van der Waals surface area contributed by atoms with Gasteiger partial charge in [0.1, 0.15) is 18.0 Å². The number of hydrogen-bond donors (Lipinski definition) is 1. The van der Waals surface area contributed by atoms with Crippen LogP contribution in [-0.4, -0.2) is 69.3 Å². The highest BCUT2D eigenvalue weighted by atomic mass is 16.5. The summed E-state index contributed by atoms with van der Waals surface area (Å²) in [5, 5.41) is 11.7. The Balaban J connectivity index is 1.51. The lowest BCUT2D eigenvalue weighted by atomic mass is 9.80. The van der Waals surface area contributed by atoms with Crippen LogP contribution >= 0.6 is 0 Å². The van der Waals surface area contributed by atoms with Crippen LogP contribution < -0.4 is 4.74 Å². The van der Waals surface area contributed by atoms with E-state index in [1.54, 1.807) is 0 Å². The molecular weight excluding hydrogens is 550 g/mol. The molecule has 1 saturated heterocycles. The van der Waals surface area contributed by atoms with Gasteiger partial charge in [-0.25, -0.2) is 0 Å². The van der Waals surface area contributed by atoms with Crippen molar-refractivity contribution in [3.8, 4) is 28.0 Å². The van der Waals surface area contributed by atoms with Gasteiger partial charge in [-0.05, 0) is 51.8 Å². The van der Waals surface area contributed by atoms with Crippen LogP contribution in [0, 0.1) is 0 Å². The van der Waals surface area contributed by atoms with Crippen LogP contribution in [0.15, 0.2) is 78.9 Å². The van der Waals surface area contributed by atoms with Crippen molar-refractivity contribution in [2.45, 2.75) is 31.8 Å². The number of nitrogens with zero attached hydrogens (tertiary/aromatic N) is 1. The Kier molecular flexibility index (Phi) is 8.41. The zero-order valence-electron chi connectivity index (χ0n) is 25.5. The minimum absolute atomic E-state index is 0.00236. The summed E-state index contributed by atoms with van der Waals surface area (Å²) >= 11 is 0. The van der Waals surface area contributed by atoms with Crippen molar-refractivity contribution in [1.82, 2.24) is 4.90 Å². The third kappa shape index (κ3) is 5.00. The molecule has 1 aliphatic carbocycles. The molecule has 6 nitrogen and oxygen atoms in total. The molecule has 4 aromatic rings. The molecule has 1 atom stereocenters. The summed E-state index contributed by atoms with van der Waals surface area (Å²) in [5.41, 5.74) is 8.90. The first-order valence-corrected chi connectivity index (χ1v) is 16.0. The highest BCUT2D eigenvalue weighted by Crippen LogP contribution is 2.60. The van der Waals surface area contributed by atoms with Gasteiger partial charge in [-0.2, -0.15) is 0 Å². The molecule has 4 aromatic carbocycles. The highest BCUT2D eigenvalue weighted by molar-refractivity contribution is 6.09. The van der Waals surface area contributed by atoms with Crippen LogP contribution in [0.5, 0.6) is 5.75 Å². The number of aliphatic hydroxyl groups is 1. The first-order chi connectivity index (χ1) is 21.8. The minimum Gasteiger partial charge on any atom is -0.488 e. The van der Waals surface area contributed by atoms with E-state index in [0.717, 1.165) is 49.1 Å². The van der Waals surface area contributed by atoms with Crippen molar-refractivity contribution in [3.63, 3.8) is 0 Å². The van der Waals surface area contributed by atoms with Crippen LogP contribution in [0.3, 0.4) is 0 Å². The van der Waals surface area contributed by atoms with E-state index < -0.39 is 5.60 Å². The number of hydrogen-bond acceptors (Lipinski definition) is 6. The Morgan fingerprint density at radius 2 is 1.66 bits per heavy atom. The molecule has 228 valence electrons. The van der Waals surface area contributed by atoms with E-state index in [0.29, 0.717) is 39.6 Å². The van der Waals surface area contributed by atoms with Gasteiger partial charge in [0.15, 0.2) is 0 Å². The van der Waals surface area contributed by atoms with Crippen molar-refractivity contribution < 1.29 is 24.1 Å². The van der Waals surface area contributed by atoms with Gasteiger partial charge >= 0.3 is 0 Å². The number of benzene rings is 4. The maximum atomic E-state index is 9.33. The van der Waals surface area contributed by atoms with E-state index >= 15 is 0 Å². The predicted octanol–water partition coefficient (Wildman–Crippen LogP) is 7.01. The molecule has 0 amide bonds. The number of fused-ring (bicyclic) bond motifs is 8. The molecule has 44 heavy (non-hydrogen) atoms. The van der Waals surface area contributed by atoms with E-state index in [2.05, 4.69) is 90.7 Å². The van der Waals surface area contributed by atoms with E-state index in [4.69, 9.17) is 18.9 Å². The van der Waals surface area contributed by atoms with Crippen LogP contribution in [-0.2, 0) is 19.8 Å². The normalized spacial score (nSPS) is 18.9. The molecule has 1 N–H and O–H groups in total. The predicted molar refractivity (Wildman–Crippen MR) is 175 cm³/mol. The highest BCUT2D eigenvalue weighted by Gasteiger charge is 2.49. The largest absolute Gasteiger partial charge is 0.488 e. The molecule has 0 aromatic heterocycles. The number of unbranched alkanes of at least 4 members (excludes halogenated alkanes) is 1. The van der Waals surface area contributed by atoms with Crippen molar-refractivity contribution in [3.05, 3.63) is 95.6 Å². The second-order valence-corrected chi connectivity index (χ2v) is 11.7. The lowest BCUT2D eigenvalue weighted by molar-refractivity contribution is -0.0533. The van der Waals surface area contributed by atoms with Gasteiger partial charge in [0.25, 0.3) is 0 Å². The SMILES string of the molecule is CCCCC1(OCCOCCO)c2cc(-c3ccccc3)ccc2-c2c1c1c(c3ccccc23)OCC=C1N1CCOCC1. The standard InChI is InChI=1S/C38H41NO5/c1-2-3-16-38(44-25-24-42-23-19-40)32-26-28(27-9-5-4-6-10-27)13-14-31(32)34-29-11-7-8-12-30(29)37-35(36(34)38)33(15-20-43-37)39-17-21-41-22-18-39/h4-15,26,40H,2-3,16-25H2,1H3. The Morgan fingerprint density at radius 1 is 0.864 bits per heavy atom. The van der Waals surface area contributed by atoms with Gasteiger partial charge in [0.05, 0.1) is 39.6 Å². The molecule has 6 heteroatoms. The number of ether oxygens (including phenoxy) is 4. The minimum atomic E-state index is -0.700. The monoisotopic (exact) mass is 591 g/mol. The third-order valence-corrected chi connectivity index (χ3v) is 9.21. The van der Waals surface area contributed by atoms with E-state index in [1.165, 1.54) is 44.5 Å². The Hall–Kier alpha value is -3.68. The summed E-state index contributed by atoms with van der Waals surface area (Å²) in [6.07, 6.45) is 5.14. The summed E-state index contributed by atoms with van der Waals surface area (Å²) in [7, 11) is 0. The maximum Gasteiger partial charge on any atom is 0.137 e. The van der Waals surface area contributed by atoms with Crippen LogP contribution in [0.1, 0.15) is 42.9 Å². The Bertz CT molecular complexity index is 1660. The van der Waals surface area contributed by atoms with Crippen molar-refractivity contribution in [2.75, 3.05) is 59.3 Å². The smallest absolute Gasteiger partial charge is 0.137 e. The van der Waals surface area contributed by atoms with Crippen molar-refractivity contribution in [2.24, 2.45) is 0 Å². The average Bonchev–Trinajstić information content (AvgIpc) is 3.37. The molecule has 2 aliphatic heterocycles. The molecule has 7 rings (SSSR count). The lowest BCUT2D eigenvalue weighted by Crippen LogP contribution is -2.38. The van der Waals surface area contributed by atoms with Crippen LogP contribution in [0.2, 0.25) is 0 Å². The van der Waals surface area contributed by atoms with Gasteiger partial charge in [0.2, 0.25) is 0 Å².